The smallest absolute Gasteiger partial charge is 0.140 e. The van der Waals surface area contributed by atoms with E-state index in [2.05, 4.69) is 34.3 Å². The first kappa shape index (κ1) is 11.5. The zero-order valence-corrected chi connectivity index (χ0v) is 10.3. The van der Waals surface area contributed by atoms with E-state index in [1.807, 2.05) is 11.7 Å². The fourth-order valence-corrected chi connectivity index (χ4v) is 2.47. The molecule has 2 atom stereocenters. The number of nitrogens with one attached hydrogen (secondary N) is 1. The van der Waals surface area contributed by atoms with Gasteiger partial charge in [-0.15, -0.1) is 0 Å². The molecule has 5 heteroatoms. The monoisotopic (exact) mass is 223 g/mol. The summed E-state index contributed by atoms with van der Waals surface area (Å²) < 4.78 is 1.86. The van der Waals surface area contributed by atoms with Crippen LogP contribution in [0.15, 0.2) is 6.33 Å². The Morgan fingerprint density at radius 3 is 2.94 bits per heavy atom. The number of likely N-dealkylation sites (tertiary alicyclic amines) is 1. The lowest BCUT2D eigenvalue weighted by Crippen LogP contribution is -2.47. The van der Waals surface area contributed by atoms with Crippen LogP contribution >= 0.6 is 0 Å². The van der Waals surface area contributed by atoms with Crippen molar-refractivity contribution in [2.24, 2.45) is 13.0 Å². The lowest BCUT2D eigenvalue weighted by Gasteiger charge is -2.36. The molecule has 16 heavy (non-hydrogen) atoms. The summed E-state index contributed by atoms with van der Waals surface area (Å²) >= 11 is 0. The highest BCUT2D eigenvalue weighted by Gasteiger charge is 2.25. The van der Waals surface area contributed by atoms with Gasteiger partial charge in [0.25, 0.3) is 0 Å². The van der Waals surface area contributed by atoms with Crippen molar-refractivity contribution in [1.29, 1.82) is 0 Å². The molecular formula is C11H21N5. The van der Waals surface area contributed by atoms with Gasteiger partial charge >= 0.3 is 0 Å². The minimum atomic E-state index is 0.663. The van der Waals surface area contributed by atoms with Crippen molar-refractivity contribution in [2.45, 2.75) is 25.9 Å². The van der Waals surface area contributed by atoms with Crippen LogP contribution in [0, 0.1) is 5.92 Å². The Hall–Kier alpha value is -0.940. The molecule has 2 heterocycles. The molecule has 1 aliphatic heterocycles. The summed E-state index contributed by atoms with van der Waals surface area (Å²) in [6, 6.07) is 0.663. The quantitative estimate of drug-likeness (QED) is 0.797. The van der Waals surface area contributed by atoms with Gasteiger partial charge in [0, 0.05) is 26.2 Å². The lowest BCUT2D eigenvalue weighted by atomic mass is 9.94. The highest BCUT2D eigenvalue weighted by Crippen LogP contribution is 2.17. The fourth-order valence-electron chi connectivity index (χ4n) is 2.47. The van der Waals surface area contributed by atoms with E-state index in [1.165, 1.54) is 6.42 Å². The number of rotatable bonds is 3. The molecule has 2 unspecified atom stereocenters. The Morgan fingerprint density at radius 1 is 1.56 bits per heavy atom. The third-order valence-electron chi connectivity index (χ3n) is 3.53. The summed E-state index contributed by atoms with van der Waals surface area (Å²) in [5.41, 5.74) is 0. The molecule has 0 spiro atoms. The van der Waals surface area contributed by atoms with Crippen molar-refractivity contribution in [3.63, 3.8) is 0 Å². The first-order chi connectivity index (χ1) is 7.70. The van der Waals surface area contributed by atoms with Crippen LogP contribution in [0.4, 0.5) is 0 Å². The number of nitrogens with zero attached hydrogens (tertiary/aromatic N) is 4. The van der Waals surface area contributed by atoms with Crippen LogP contribution in [0.25, 0.3) is 0 Å². The maximum atomic E-state index is 4.27. The minimum Gasteiger partial charge on any atom is -0.317 e. The number of hydrogen-bond donors (Lipinski definition) is 1. The van der Waals surface area contributed by atoms with Crippen molar-refractivity contribution >= 4 is 0 Å². The van der Waals surface area contributed by atoms with E-state index in [1.54, 1.807) is 6.33 Å². The molecular weight excluding hydrogens is 202 g/mol. The molecule has 1 aromatic rings. The lowest BCUT2D eigenvalue weighted by molar-refractivity contribution is 0.140. The molecule has 0 saturated carbocycles. The third kappa shape index (κ3) is 2.41. The predicted molar refractivity (Wildman–Crippen MR) is 62.9 cm³/mol. The highest BCUT2D eigenvalue weighted by molar-refractivity contribution is 4.88. The van der Waals surface area contributed by atoms with E-state index < -0.39 is 0 Å². The van der Waals surface area contributed by atoms with Gasteiger partial charge in [0.05, 0.1) is 6.54 Å². The molecule has 1 N–H and O–H groups in total. The average Bonchev–Trinajstić information content (AvgIpc) is 2.65. The summed E-state index contributed by atoms with van der Waals surface area (Å²) in [6.45, 7) is 5.50. The van der Waals surface area contributed by atoms with Gasteiger partial charge in [-0.2, -0.15) is 5.10 Å². The molecule has 0 aromatic carbocycles. The van der Waals surface area contributed by atoms with Crippen LogP contribution in [-0.2, 0) is 13.6 Å². The van der Waals surface area contributed by atoms with E-state index in [0.717, 1.165) is 25.5 Å². The normalized spacial score (nSPS) is 27.2. The largest absolute Gasteiger partial charge is 0.317 e. The molecule has 5 nitrogen and oxygen atoms in total. The number of piperidine rings is 1. The van der Waals surface area contributed by atoms with Gasteiger partial charge in [0.2, 0.25) is 0 Å². The Bertz CT molecular complexity index is 335. The van der Waals surface area contributed by atoms with E-state index in [9.17, 15) is 0 Å². The molecule has 1 aromatic heterocycles. The zero-order valence-electron chi connectivity index (χ0n) is 10.3. The van der Waals surface area contributed by atoms with Gasteiger partial charge in [-0.3, -0.25) is 9.58 Å². The molecule has 0 aliphatic carbocycles. The maximum absolute atomic E-state index is 4.27. The van der Waals surface area contributed by atoms with Gasteiger partial charge < -0.3 is 5.32 Å². The van der Waals surface area contributed by atoms with Crippen LogP contribution in [0.2, 0.25) is 0 Å². The van der Waals surface area contributed by atoms with Crippen molar-refractivity contribution in [1.82, 2.24) is 25.0 Å². The summed E-state index contributed by atoms with van der Waals surface area (Å²) in [5, 5.41) is 7.48. The van der Waals surface area contributed by atoms with Crippen LogP contribution < -0.4 is 5.32 Å². The first-order valence-corrected chi connectivity index (χ1v) is 5.93. The van der Waals surface area contributed by atoms with E-state index >= 15 is 0 Å². The second-order valence-electron chi connectivity index (χ2n) is 4.70. The Labute approximate surface area is 96.8 Å². The van der Waals surface area contributed by atoms with Crippen molar-refractivity contribution < 1.29 is 0 Å². The number of aromatic nitrogens is 3. The van der Waals surface area contributed by atoms with E-state index in [4.69, 9.17) is 0 Å². The van der Waals surface area contributed by atoms with Gasteiger partial charge in [0.1, 0.15) is 12.2 Å². The Kier molecular flexibility index (Phi) is 3.56. The standard InChI is InChI=1S/C11H21N5/c1-9-6-16(5-4-10(9)12-2)7-11-13-8-14-15(11)3/h8-10,12H,4-7H2,1-3H3. The molecule has 0 radical (unpaired) electrons. The van der Waals surface area contributed by atoms with Crippen molar-refractivity contribution in [3.8, 4) is 0 Å². The second kappa shape index (κ2) is 4.93. The van der Waals surface area contributed by atoms with Gasteiger partial charge in [0.15, 0.2) is 0 Å². The van der Waals surface area contributed by atoms with Crippen molar-refractivity contribution in [3.05, 3.63) is 12.2 Å². The van der Waals surface area contributed by atoms with Gasteiger partial charge in [-0.05, 0) is 19.4 Å². The molecule has 0 amide bonds. The fraction of sp³-hybridized carbons (Fsp3) is 0.818. The summed E-state index contributed by atoms with van der Waals surface area (Å²) in [6.07, 6.45) is 2.84. The molecule has 90 valence electrons. The van der Waals surface area contributed by atoms with E-state index in [-0.39, 0.29) is 0 Å². The molecule has 0 bridgehead atoms. The Balaban J connectivity index is 1.91. The van der Waals surface area contributed by atoms with Crippen LogP contribution in [0.5, 0.6) is 0 Å². The topological polar surface area (TPSA) is 46.0 Å². The third-order valence-corrected chi connectivity index (χ3v) is 3.53. The van der Waals surface area contributed by atoms with Crippen LogP contribution in [-0.4, -0.2) is 45.8 Å². The molecule has 1 saturated heterocycles. The average molecular weight is 223 g/mol. The summed E-state index contributed by atoms with van der Waals surface area (Å²) in [7, 11) is 4.01. The molecule has 1 aliphatic rings. The number of aryl methyl sites for hydroxylation is 1. The van der Waals surface area contributed by atoms with Crippen molar-refractivity contribution in [2.75, 3.05) is 20.1 Å². The van der Waals surface area contributed by atoms with Gasteiger partial charge in [-0.1, -0.05) is 6.92 Å². The summed E-state index contributed by atoms with van der Waals surface area (Å²) in [5.74, 6) is 1.75. The zero-order chi connectivity index (χ0) is 11.5. The van der Waals surface area contributed by atoms with Gasteiger partial charge in [-0.25, -0.2) is 4.98 Å². The summed E-state index contributed by atoms with van der Waals surface area (Å²) in [4.78, 5) is 6.73. The molecule has 2 rings (SSSR count). The predicted octanol–water partition coefficient (Wildman–Crippen LogP) is 0.245. The minimum absolute atomic E-state index is 0.663. The Morgan fingerprint density at radius 2 is 2.38 bits per heavy atom. The molecule has 1 fully saturated rings. The second-order valence-corrected chi connectivity index (χ2v) is 4.70. The first-order valence-electron chi connectivity index (χ1n) is 5.93. The van der Waals surface area contributed by atoms with Crippen LogP contribution in [0.1, 0.15) is 19.2 Å². The van der Waals surface area contributed by atoms with Crippen LogP contribution in [0.3, 0.4) is 0 Å². The SMILES string of the molecule is CNC1CCN(Cc2ncnn2C)CC1C. The highest BCUT2D eigenvalue weighted by atomic mass is 15.3. The van der Waals surface area contributed by atoms with E-state index in [0.29, 0.717) is 12.0 Å². The number of hydrogen-bond acceptors (Lipinski definition) is 4. The maximum Gasteiger partial charge on any atom is 0.140 e.